The Morgan fingerprint density at radius 3 is 2.60 bits per heavy atom. The van der Waals surface area contributed by atoms with E-state index in [0.717, 1.165) is 0 Å². The average Bonchev–Trinajstić information content (AvgIpc) is 3.12. The first-order chi connectivity index (χ1) is 14.3. The number of nitrogens with one attached hydrogen (secondary N) is 2. The number of ether oxygens (including phenoxy) is 2. The van der Waals surface area contributed by atoms with E-state index in [9.17, 15) is 14.4 Å². The molecule has 0 saturated heterocycles. The molecule has 10 heteroatoms. The average molecular weight is 434 g/mol. The van der Waals surface area contributed by atoms with Crippen molar-refractivity contribution in [3.8, 4) is 0 Å². The van der Waals surface area contributed by atoms with E-state index >= 15 is 0 Å². The van der Waals surface area contributed by atoms with Gasteiger partial charge in [0.2, 0.25) is 0 Å². The summed E-state index contributed by atoms with van der Waals surface area (Å²) in [7, 11) is 0. The normalized spacial score (nSPS) is 16.0. The number of amides is 2. The van der Waals surface area contributed by atoms with E-state index in [1.807, 2.05) is 0 Å². The van der Waals surface area contributed by atoms with Gasteiger partial charge in [0.25, 0.3) is 0 Å². The molecule has 1 unspecified atom stereocenters. The van der Waals surface area contributed by atoms with E-state index in [1.54, 1.807) is 26.0 Å². The lowest BCUT2D eigenvalue weighted by atomic mass is 10.0. The summed E-state index contributed by atoms with van der Waals surface area (Å²) >= 11 is 5.84. The molecule has 0 aliphatic carbocycles. The number of nitrogen functional groups attached to an aromatic ring is 1. The molecule has 1 aromatic heterocycles. The van der Waals surface area contributed by atoms with Crippen LogP contribution in [0.4, 0.5) is 10.5 Å². The molecule has 1 aromatic carbocycles. The van der Waals surface area contributed by atoms with Gasteiger partial charge in [0.15, 0.2) is 0 Å². The Morgan fingerprint density at radius 2 is 1.97 bits per heavy atom. The first-order valence-corrected chi connectivity index (χ1v) is 9.44. The van der Waals surface area contributed by atoms with Crippen LogP contribution in [0.2, 0.25) is 5.02 Å². The van der Waals surface area contributed by atoms with Crippen molar-refractivity contribution in [3.05, 3.63) is 63.7 Å². The number of aryl methyl sites for hydroxylation is 1. The number of rotatable bonds is 6. The molecule has 9 nitrogen and oxygen atoms in total. The van der Waals surface area contributed by atoms with Crippen LogP contribution in [0.3, 0.4) is 0 Å². The van der Waals surface area contributed by atoms with Gasteiger partial charge in [-0.05, 0) is 44.2 Å². The molecule has 0 fully saturated rings. The van der Waals surface area contributed by atoms with Gasteiger partial charge in [-0.15, -0.1) is 0 Å². The molecule has 2 amide bonds. The predicted molar refractivity (Wildman–Crippen MR) is 108 cm³/mol. The molecule has 158 valence electrons. The van der Waals surface area contributed by atoms with E-state index in [2.05, 4.69) is 10.6 Å². The third-order valence-corrected chi connectivity index (χ3v) is 4.51. The van der Waals surface area contributed by atoms with Gasteiger partial charge in [-0.2, -0.15) is 0 Å². The number of carbonyl (C=O) groups is 3. The van der Waals surface area contributed by atoms with Crippen LogP contribution in [0.1, 0.15) is 34.8 Å². The van der Waals surface area contributed by atoms with Crippen LogP contribution < -0.4 is 16.4 Å². The van der Waals surface area contributed by atoms with E-state index in [1.165, 1.54) is 18.2 Å². The Bertz CT molecular complexity index is 1030. The molecule has 0 bridgehead atoms. The Kier molecular flexibility index (Phi) is 6.31. The summed E-state index contributed by atoms with van der Waals surface area (Å²) in [5.74, 6) is -0.470. The number of hydrogen-bond acceptors (Lipinski definition) is 7. The maximum Gasteiger partial charge on any atom is 0.340 e. The van der Waals surface area contributed by atoms with Crippen LogP contribution >= 0.6 is 11.6 Å². The molecule has 0 spiro atoms. The van der Waals surface area contributed by atoms with Crippen LogP contribution in [0, 0.1) is 6.92 Å². The molecule has 1 aliphatic heterocycles. The van der Waals surface area contributed by atoms with Crippen molar-refractivity contribution >= 4 is 35.3 Å². The van der Waals surface area contributed by atoms with E-state index < -0.39 is 30.6 Å². The predicted octanol–water partition coefficient (Wildman–Crippen LogP) is 2.85. The van der Waals surface area contributed by atoms with Gasteiger partial charge in [-0.25, -0.2) is 14.4 Å². The molecule has 30 heavy (non-hydrogen) atoms. The minimum Gasteiger partial charge on any atom is -0.464 e. The van der Waals surface area contributed by atoms with Crippen LogP contribution in [-0.2, 0) is 14.3 Å². The number of urea groups is 1. The Labute approximate surface area is 177 Å². The van der Waals surface area contributed by atoms with Crippen molar-refractivity contribution in [1.82, 2.24) is 10.6 Å². The molecular weight excluding hydrogens is 414 g/mol. The number of halogens is 1. The summed E-state index contributed by atoms with van der Waals surface area (Å²) in [6, 6.07) is 6.21. The van der Waals surface area contributed by atoms with Crippen LogP contribution in [0.15, 0.2) is 46.0 Å². The minimum atomic E-state index is -0.902. The number of nitrogens with two attached hydrogens (primary N) is 1. The molecule has 2 heterocycles. The van der Waals surface area contributed by atoms with Gasteiger partial charge < -0.3 is 30.3 Å². The van der Waals surface area contributed by atoms with Crippen molar-refractivity contribution in [2.24, 2.45) is 0 Å². The first-order valence-electron chi connectivity index (χ1n) is 9.06. The zero-order chi connectivity index (χ0) is 21.8. The summed E-state index contributed by atoms with van der Waals surface area (Å²) in [5, 5.41) is 5.50. The van der Waals surface area contributed by atoms with Gasteiger partial charge in [0.05, 0.1) is 23.4 Å². The standard InChI is InChI=1S/C20H20ClN3O6/c1-3-28-19(26)16-14(9-29-18(25)12-6-5-11(21)8-13(12)22)23-20(27)24-17(16)15-7-4-10(2)30-15/h4-8,17H,3,9,22H2,1-2H3,(H2,23,24,27). The summed E-state index contributed by atoms with van der Waals surface area (Å²) in [6.45, 7) is 3.12. The van der Waals surface area contributed by atoms with Crippen molar-refractivity contribution in [2.45, 2.75) is 19.9 Å². The summed E-state index contributed by atoms with van der Waals surface area (Å²) < 4.78 is 16.0. The molecule has 4 N–H and O–H groups in total. The zero-order valence-electron chi connectivity index (χ0n) is 16.3. The lowest BCUT2D eigenvalue weighted by molar-refractivity contribution is -0.139. The molecule has 2 aromatic rings. The zero-order valence-corrected chi connectivity index (χ0v) is 17.0. The van der Waals surface area contributed by atoms with Crippen molar-refractivity contribution in [2.75, 3.05) is 18.9 Å². The maximum atomic E-state index is 12.6. The maximum absolute atomic E-state index is 12.6. The number of benzene rings is 1. The summed E-state index contributed by atoms with van der Waals surface area (Å²) in [4.78, 5) is 37.2. The highest BCUT2D eigenvalue weighted by molar-refractivity contribution is 6.31. The highest BCUT2D eigenvalue weighted by Crippen LogP contribution is 2.29. The number of hydrogen-bond donors (Lipinski definition) is 3. The Morgan fingerprint density at radius 1 is 1.20 bits per heavy atom. The fraction of sp³-hybridized carbons (Fsp3) is 0.250. The van der Waals surface area contributed by atoms with E-state index in [0.29, 0.717) is 16.5 Å². The van der Waals surface area contributed by atoms with E-state index in [4.69, 9.17) is 31.2 Å². The number of anilines is 1. The van der Waals surface area contributed by atoms with Crippen LogP contribution in [0.5, 0.6) is 0 Å². The quantitative estimate of drug-likeness (QED) is 0.471. The lowest BCUT2D eigenvalue weighted by Gasteiger charge is -2.27. The smallest absolute Gasteiger partial charge is 0.340 e. The van der Waals surface area contributed by atoms with Gasteiger partial charge in [0, 0.05) is 10.7 Å². The largest absolute Gasteiger partial charge is 0.464 e. The number of furan rings is 1. The van der Waals surface area contributed by atoms with Gasteiger partial charge in [-0.3, -0.25) is 0 Å². The molecule has 3 rings (SSSR count). The summed E-state index contributed by atoms with van der Waals surface area (Å²) in [5.41, 5.74) is 6.21. The van der Waals surface area contributed by atoms with Gasteiger partial charge >= 0.3 is 18.0 Å². The van der Waals surface area contributed by atoms with Gasteiger partial charge in [0.1, 0.15) is 24.2 Å². The summed E-state index contributed by atoms with van der Waals surface area (Å²) in [6.07, 6.45) is 0. The lowest BCUT2D eigenvalue weighted by Crippen LogP contribution is -2.47. The first kappa shape index (κ1) is 21.3. The van der Waals surface area contributed by atoms with Crippen LogP contribution in [0.25, 0.3) is 0 Å². The molecule has 0 radical (unpaired) electrons. The molecule has 0 saturated carbocycles. The van der Waals surface area contributed by atoms with Crippen molar-refractivity contribution in [1.29, 1.82) is 0 Å². The third kappa shape index (κ3) is 4.57. The fourth-order valence-electron chi connectivity index (χ4n) is 2.94. The molecule has 1 atom stereocenters. The number of esters is 2. The van der Waals surface area contributed by atoms with Crippen molar-refractivity contribution in [3.63, 3.8) is 0 Å². The second-order valence-electron chi connectivity index (χ2n) is 6.40. The highest BCUT2D eigenvalue weighted by Gasteiger charge is 2.36. The van der Waals surface area contributed by atoms with E-state index in [-0.39, 0.29) is 29.1 Å². The second kappa shape index (κ2) is 8.91. The molecule has 1 aliphatic rings. The Balaban J connectivity index is 1.91. The fourth-order valence-corrected chi connectivity index (χ4v) is 3.12. The third-order valence-electron chi connectivity index (χ3n) is 4.28. The van der Waals surface area contributed by atoms with Crippen LogP contribution in [-0.4, -0.2) is 31.2 Å². The van der Waals surface area contributed by atoms with Gasteiger partial charge in [-0.1, -0.05) is 11.6 Å². The number of carbonyl (C=O) groups excluding carboxylic acids is 3. The minimum absolute atomic E-state index is 0.0719. The monoisotopic (exact) mass is 433 g/mol. The van der Waals surface area contributed by atoms with Crippen molar-refractivity contribution < 1.29 is 28.3 Å². The Hall–Kier alpha value is -3.46. The second-order valence-corrected chi connectivity index (χ2v) is 6.84. The SMILES string of the molecule is CCOC(=O)C1=C(COC(=O)c2ccc(Cl)cc2N)NC(=O)NC1c1ccc(C)o1. The highest BCUT2D eigenvalue weighted by atomic mass is 35.5. The topological polar surface area (TPSA) is 133 Å². The molecular formula is C20H20ClN3O6.